The number of hydrogen-bond donors (Lipinski definition) is 1. The molecule has 0 fully saturated rings. The second-order valence-corrected chi connectivity index (χ2v) is 2.75. The third kappa shape index (κ3) is 1.98. The lowest BCUT2D eigenvalue weighted by Crippen LogP contribution is -1.89. The maximum atomic E-state index is 6.72. The van der Waals surface area contributed by atoms with E-state index in [-0.39, 0.29) is 0 Å². The van der Waals surface area contributed by atoms with Gasteiger partial charge in [-0.25, -0.2) is 0 Å². The van der Waals surface area contributed by atoms with Gasteiger partial charge in [-0.1, -0.05) is 24.6 Å². The summed E-state index contributed by atoms with van der Waals surface area (Å²) in [5, 5.41) is 7.41. The molecule has 1 aromatic carbocycles. The van der Waals surface area contributed by atoms with Gasteiger partial charge in [0.25, 0.3) is 0 Å². The Labute approximate surface area is 76.6 Å². The average molecular weight is 184 g/mol. The molecule has 0 amide bonds. The summed E-state index contributed by atoms with van der Waals surface area (Å²) >= 11 is 5.91. The predicted octanol–water partition coefficient (Wildman–Crippen LogP) is 2.89. The van der Waals surface area contributed by atoms with Crippen LogP contribution in [0, 0.1) is 5.41 Å². The molecule has 0 aromatic heterocycles. The molecular formula is C9H10ClNO. The van der Waals surface area contributed by atoms with Gasteiger partial charge >= 0.3 is 0 Å². The van der Waals surface area contributed by atoms with Crippen molar-refractivity contribution in [3.63, 3.8) is 0 Å². The van der Waals surface area contributed by atoms with Crippen molar-refractivity contribution in [1.82, 2.24) is 0 Å². The van der Waals surface area contributed by atoms with Crippen LogP contribution in [0.2, 0.25) is 5.02 Å². The SMILES string of the molecule is CCc1ccc(OC=N)cc1Cl. The molecule has 2 nitrogen and oxygen atoms in total. The Morgan fingerprint density at radius 3 is 2.83 bits per heavy atom. The van der Waals surface area contributed by atoms with Crippen molar-refractivity contribution in [2.75, 3.05) is 0 Å². The highest BCUT2D eigenvalue weighted by molar-refractivity contribution is 6.31. The molecule has 0 spiro atoms. The summed E-state index contributed by atoms with van der Waals surface area (Å²) in [5.41, 5.74) is 1.09. The summed E-state index contributed by atoms with van der Waals surface area (Å²) in [6.45, 7) is 2.04. The van der Waals surface area contributed by atoms with Gasteiger partial charge in [0.15, 0.2) is 6.40 Å². The van der Waals surface area contributed by atoms with E-state index in [2.05, 4.69) is 0 Å². The number of benzene rings is 1. The zero-order chi connectivity index (χ0) is 8.97. The van der Waals surface area contributed by atoms with E-state index >= 15 is 0 Å². The van der Waals surface area contributed by atoms with Crippen LogP contribution in [0.4, 0.5) is 0 Å². The molecule has 0 bridgehead atoms. The van der Waals surface area contributed by atoms with E-state index in [0.29, 0.717) is 10.8 Å². The van der Waals surface area contributed by atoms with Crippen molar-refractivity contribution in [3.8, 4) is 5.75 Å². The van der Waals surface area contributed by atoms with Crippen LogP contribution in [-0.2, 0) is 6.42 Å². The van der Waals surface area contributed by atoms with Crippen LogP contribution in [0.1, 0.15) is 12.5 Å². The molecule has 0 heterocycles. The summed E-state index contributed by atoms with van der Waals surface area (Å²) in [4.78, 5) is 0. The summed E-state index contributed by atoms with van der Waals surface area (Å²) < 4.78 is 4.84. The third-order valence-electron chi connectivity index (χ3n) is 1.60. The summed E-state index contributed by atoms with van der Waals surface area (Å²) in [6, 6.07) is 5.42. The van der Waals surface area contributed by atoms with E-state index in [1.165, 1.54) is 0 Å². The van der Waals surface area contributed by atoms with Crippen LogP contribution >= 0.6 is 11.6 Å². The number of ether oxygens (including phenoxy) is 1. The minimum atomic E-state index is 0.604. The van der Waals surface area contributed by atoms with E-state index in [4.69, 9.17) is 21.7 Å². The van der Waals surface area contributed by atoms with Crippen molar-refractivity contribution >= 4 is 18.0 Å². The molecule has 1 N–H and O–H groups in total. The highest BCUT2D eigenvalue weighted by Gasteiger charge is 1.99. The van der Waals surface area contributed by atoms with Gasteiger partial charge in [-0.3, -0.25) is 5.41 Å². The topological polar surface area (TPSA) is 33.1 Å². The maximum absolute atomic E-state index is 6.72. The van der Waals surface area contributed by atoms with Gasteiger partial charge in [0.2, 0.25) is 0 Å². The molecule has 0 saturated carbocycles. The van der Waals surface area contributed by atoms with Crippen molar-refractivity contribution in [3.05, 3.63) is 28.8 Å². The number of rotatable bonds is 3. The molecule has 1 aromatic rings. The summed E-state index contributed by atoms with van der Waals surface area (Å²) in [5.74, 6) is 0.604. The van der Waals surface area contributed by atoms with Crippen LogP contribution in [0.25, 0.3) is 0 Å². The van der Waals surface area contributed by atoms with E-state index in [9.17, 15) is 0 Å². The Hall–Kier alpha value is -1.02. The summed E-state index contributed by atoms with van der Waals surface area (Å²) in [6.07, 6.45) is 1.79. The Balaban J connectivity index is 2.93. The molecule has 12 heavy (non-hydrogen) atoms. The first-order valence-corrected chi connectivity index (χ1v) is 4.09. The van der Waals surface area contributed by atoms with Gasteiger partial charge in [0, 0.05) is 5.02 Å². The van der Waals surface area contributed by atoms with Crippen molar-refractivity contribution < 1.29 is 4.74 Å². The molecular weight excluding hydrogens is 174 g/mol. The zero-order valence-corrected chi connectivity index (χ0v) is 7.56. The van der Waals surface area contributed by atoms with Crippen molar-refractivity contribution in [2.45, 2.75) is 13.3 Å². The van der Waals surface area contributed by atoms with Gasteiger partial charge in [0.05, 0.1) is 0 Å². The largest absolute Gasteiger partial charge is 0.446 e. The number of hydrogen-bond acceptors (Lipinski definition) is 2. The molecule has 1 rings (SSSR count). The highest BCUT2D eigenvalue weighted by Crippen LogP contribution is 2.22. The molecule has 64 valence electrons. The molecule has 0 aliphatic carbocycles. The van der Waals surface area contributed by atoms with Gasteiger partial charge in [-0.2, -0.15) is 0 Å². The second-order valence-electron chi connectivity index (χ2n) is 2.34. The quantitative estimate of drug-likeness (QED) is 0.567. The smallest absolute Gasteiger partial charge is 0.173 e. The van der Waals surface area contributed by atoms with Crippen LogP contribution in [0.15, 0.2) is 18.2 Å². The highest BCUT2D eigenvalue weighted by atomic mass is 35.5. The average Bonchev–Trinajstić information content (AvgIpc) is 2.05. The third-order valence-corrected chi connectivity index (χ3v) is 1.95. The summed E-state index contributed by atoms with van der Waals surface area (Å²) in [7, 11) is 0. The van der Waals surface area contributed by atoms with Crippen LogP contribution < -0.4 is 4.74 Å². The van der Waals surface area contributed by atoms with Gasteiger partial charge in [0.1, 0.15) is 5.75 Å². The monoisotopic (exact) mass is 183 g/mol. The molecule has 0 saturated heterocycles. The van der Waals surface area contributed by atoms with Gasteiger partial charge < -0.3 is 4.74 Å². The zero-order valence-electron chi connectivity index (χ0n) is 6.80. The minimum Gasteiger partial charge on any atom is -0.446 e. The molecule has 0 radical (unpaired) electrons. The number of nitrogens with one attached hydrogen (secondary N) is 1. The maximum Gasteiger partial charge on any atom is 0.173 e. The van der Waals surface area contributed by atoms with E-state index in [0.717, 1.165) is 18.4 Å². The molecule has 0 atom stereocenters. The first kappa shape index (κ1) is 9.07. The minimum absolute atomic E-state index is 0.604. The first-order valence-electron chi connectivity index (χ1n) is 3.72. The fourth-order valence-corrected chi connectivity index (χ4v) is 1.26. The van der Waals surface area contributed by atoms with Gasteiger partial charge in [-0.05, 0) is 24.1 Å². The second kappa shape index (κ2) is 4.12. The lowest BCUT2D eigenvalue weighted by Gasteiger charge is -2.02. The number of halogens is 1. The lowest BCUT2D eigenvalue weighted by atomic mass is 10.2. The fraction of sp³-hybridized carbons (Fsp3) is 0.222. The first-order chi connectivity index (χ1) is 5.77. The van der Waals surface area contributed by atoms with Crippen molar-refractivity contribution in [2.24, 2.45) is 0 Å². The molecule has 0 aliphatic heterocycles. The Bertz CT molecular complexity index is 286. The Morgan fingerprint density at radius 2 is 2.33 bits per heavy atom. The van der Waals surface area contributed by atoms with Gasteiger partial charge in [-0.15, -0.1) is 0 Å². The van der Waals surface area contributed by atoms with Crippen LogP contribution in [0.5, 0.6) is 5.75 Å². The molecule has 0 aliphatic rings. The van der Waals surface area contributed by atoms with Crippen molar-refractivity contribution in [1.29, 1.82) is 5.41 Å². The Kier molecular flexibility index (Phi) is 3.11. The van der Waals surface area contributed by atoms with E-state index < -0.39 is 0 Å². The van der Waals surface area contributed by atoms with Crippen LogP contribution in [-0.4, -0.2) is 6.40 Å². The molecule has 0 unspecified atom stereocenters. The lowest BCUT2D eigenvalue weighted by molar-refractivity contribution is 0.570. The van der Waals surface area contributed by atoms with Crippen LogP contribution in [0.3, 0.4) is 0 Å². The normalized spacial score (nSPS) is 9.50. The number of aryl methyl sites for hydroxylation is 1. The predicted molar refractivity (Wildman–Crippen MR) is 50.2 cm³/mol. The van der Waals surface area contributed by atoms with E-state index in [1.807, 2.05) is 13.0 Å². The fourth-order valence-electron chi connectivity index (χ4n) is 0.956. The molecule has 3 heteroatoms. The standard InChI is InChI=1S/C9H10ClNO/c1-2-7-3-4-8(12-6-11)5-9(7)10/h3-6,11H,2H2,1H3. The van der Waals surface area contributed by atoms with E-state index in [1.54, 1.807) is 12.1 Å². The Morgan fingerprint density at radius 1 is 1.58 bits per heavy atom.